The number of carbonyl (C=O) groups excluding carboxylic acids is 1. The maximum Gasteiger partial charge on any atom is 0.307 e. The summed E-state index contributed by atoms with van der Waals surface area (Å²) >= 11 is 6.84. The summed E-state index contributed by atoms with van der Waals surface area (Å²) in [5.74, 6) is -0.305. The number of nitrogens with one attached hydrogen (secondary N) is 1. The van der Waals surface area contributed by atoms with E-state index in [0.717, 1.165) is 17.1 Å². The zero-order valence-electron chi connectivity index (χ0n) is 11.0. The van der Waals surface area contributed by atoms with Crippen molar-refractivity contribution in [1.29, 1.82) is 5.26 Å². The fourth-order valence-electron chi connectivity index (χ4n) is 1.58. The van der Waals surface area contributed by atoms with Gasteiger partial charge in [0.15, 0.2) is 5.15 Å². The number of carbonyl (C=O) groups is 1. The summed E-state index contributed by atoms with van der Waals surface area (Å²) in [6.07, 6.45) is 0.202. The van der Waals surface area contributed by atoms with Gasteiger partial charge in [-0.05, 0) is 17.1 Å². The predicted molar refractivity (Wildman–Crippen MR) is 81.2 cm³/mol. The zero-order valence-corrected chi connectivity index (χ0v) is 12.6. The third-order valence-electron chi connectivity index (χ3n) is 2.62. The number of nitriles is 1. The van der Waals surface area contributed by atoms with Crippen LogP contribution in [0.2, 0.25) is 5.15 Å². The van der Waals surface area contributed by atoms with E-state index in [4.69, 9.17) is 21.6 Å². The molecule has 1 N–H and O–H groups in total. The molecule has 2 aromatic rings. The van der Waals surface area contributed by atoms with E-state index in [1.54, 1.807) is 0 Å². The lowest BCUT2D eigenvalue weighted by molar-refractivity contribution is -0.144. The Morgan fingerprint density at radius 2 is 2.19 bits per heavy atom. The molecule has 2 rings (SSSR count). The number of benzene rings is 1. The minimum absolute atomic E-state index is 0.177. The van der Waals surface area contributed by atoms with Gasteiger partial charge in [-0.2, -0.15) is 9.64 Å². The molecule has 0 aliphatic heterocycles. The molecular weight excluding hydrogens is 310 g/mol. The molecular formula is C14H12ClN3O2S. The van der Waals surface area contributed by atoms with Gasteiger partial charge in [-0.1, -0.05) is 41.9 Å². The average Bonchev–Trinajstić information content (AvgIpc) is 2.86. The van der Waals surface area contributed by atoms with Gasteiger partial charge in [0.2, 0.25) is 0 Å². The van der Waals surface area contributed by atoms with Crippen LogP contribution in [-0.2, 0) is 16.1 Å². The standard InChI is InChI=1S/C14H12ClN3O2S/c15-13-11(8-16)14(21-18-13)17-7-6-12(19)20-9-10-4-2-1-3-5-10/h1-5,17H,6-7,9H2. The summed E-state index contributed by atoms with van der Waals surface area (Å²) in [5, 5.41) is 12.6. The van der Waals surface area contributed by atoms with Crippen molar-refractivity contribution in [2.24, 2.45) is 0 Å². The summed E-state index contributed by atoms with van der Waals surface area (Å²) < 4.78 is 9.01. The fraction of sp³-hybridized carbons (Fsp3) is 0.214. The molecule has 1 aromatic carbocycles. The number of hydrogen-bond donors (Lipinski definition) is 1. The molecule has 5 nitrogen and oxygen atoms in total. The lowest BCUT2D eigenvalue weighted by atomic mass is 10.2. The van der Waals surface area contributed by atoms with Gasteiger partial charge in [0, 0.05) is 6.54 Å². The Labute approximate surface area is 131 Å². The third-order valence-corrected chi connectivity index (χ3v) is 3.80. The Balaban J connectivity index is 1.73. The molecule has 0 amide bonds. The van der Waals surface area contributed by atoms with Crippen molar-refractivity contribution < 1.29 is 9.53 Å². The first-order valence-electron chi connectivity index (χ1n) is 6.19. The first-order chi connectivity index (χ1) is 10.2. The second-order valence-corrected chi connectivity index (χ2v) is 5.24. The maximum absolute atomic E-state index is 11.6. The summed E-state index contributed by atoms with van der Waals surface area (Å²) in [7, 11) is 0. The normalized spacial score (nSPS) is 9.90. The van der Waals surface area contributed by atoms with Crippen LogP contribution in [0.15, 0.2) is 30.3 Å². The summed E-state index contributed by atoms with van der Waals surface area (Å²) in [6, 6.07) is 11.4. The Bertz CT molecular complexity index is 652. The zero-order chi connectivity index (χ0) is 15.1. The molecule has 21 heavy (non-hydrogen) atoms. The van der Waals surface area contributed by atoms with E-state index >= 15 is 0 Å². The van der Waals surface area contributed by atoms with E-state index in [1.807, 2.05) is 36.4 Å². The predicted octanol–water partition coefficient (Wildman–Crippen LogP) is 3.21. The smallest absolute Gasteiger partial charge is 0.307 e. The lowest BCUT2D eigenvalue weighted by Gasteiger charge is -2.06. The molecule has 0 unspecified atom stereocenters. The Morgan fingerprint density at radius 3 is 2.90 bits per heavy atom. The highest BCUT2D eigenvalue weighted by molar-refractivity contribution is 7.10. The Hall–Kier alpha value is -2.10. The average molecular weight is 322 g/mol. The van der Waals surface area contributed by atoms with E-state index in [9.17, 15) is 4.79 Å². The van der Waals surface area contributed by atoms with E-state index in [1.165, 1.54) is 0 Å². The minimum atomic E-state index is -0.305. The molecule has 0 aliphatic carbocycles. The number of nitrogens with zero attached hydrogens (tertiary/aromatic N) is 2. The number of rotatable bonds is 6. The second-order valence-electron chi connectivity index (χ2n) is 4.11. The maximum atomic E-state index is 11.6. The first-order valence-corrected chi connectivity index (χ1v) is 7.34. The number of halogens is 1. The van der Waals surface area contributed by atoms with Crippen LogP contribution in [0.5, 0.6) is 0 Å². The van der Waals surface area contributed by atoms with E-state index in [0.29, 0.717) is 17.1 Å². The molecule has 0 aliphatic rings. The van der Waals surface area contributed by atoms with Crippen LogP contribution in [0.25, 0.3) is 0 Å². The second kappa shape index (κ2) is 7.62. The highest BCUT2D eigenvalue weighted by Gasteiger charge is 2.11. The SMILES string of the molecule is N#Cc1c(Cl)nsc1NCCC(=O)OCc1ccccc1. The van der Waals surface area contributed by atoms with Crippen molar-refractivity contribution in [3.05, 3.63) is 46.6 Å². The molecule has 0 spiro atoms. The number of hydrogen-bond acceptors (Lipinski definition) is 6. The minimum Gasteiger partial charge on any atom is -0.461 e. The van der Waals surface area contributed by atoms with Crippen molar-refractivity contribution in [3.63, 3.8) is 0 Å². The largest absolute Gasteiger partial charge is 0.461 e. The van der Waals surface area contributed by atoms with Gasteiger partial charge in [0.05, 0.1) is 6.42 Å². The molecule has 1 aromatic heterocycles. The first kappa shape index (κ1) is 15.3. The van der Waals surface area contributed by atoms with Crippen molar-refractivity contribution >= 4 is 34.1 Å². The van der Waals surface area contributed by atoms with Gasteiger partial charge < -0.3 is 10.1 Å². The molecule has 7 heteroatoms. The van der Waals surface area contributed by atoms with Crippen molar-refractivity contribution in [3.8, 4) is 6.07 Å². The fourth-order valence-corrected chi connectivity index (χ4v) is 2.54. The van der Waals surface area contributed by atoms with Crippen LogP contribution < -0.4 is 5.32 Å². The molecule has 1 heterocycles. The number of esters is 1. The molecule has 0 fully saturated rings. The van der Waals surface area contributed by atoms with Gasteiger partial charge in [-0.25, -0.2) is 0 Å². The number of anilines is 1. The number of aromatic nitrogens is 1. The van der Waals surface area contributed by atoms with E-state index in [-0.39, 0.29) is 24.2 Å². The van der Waals surface area contributed by atoms with Crippen LogP contribution in [0.3, 0.4) is 0 Å². The van der Waals surface area contributed by atoms with Gasteiger partial charge in [-0.3, -0.25) is 4.79 Å². The van der Waals surface area contributed by atoms with Gasteiger partial charge >= 0.3 is 5.97 Å². The van der Waals surface area contributed by atoms with Gasteiger partial charge in [0.1, 0.15) is 23.2 Å². The van der Waals surface area contributed by atoms with Crippen molar-refractivity contribution in [2.45, 2.75) is 13.0 Å². The summed E-state index contributed by atoms with van der Waals surface area (Å²) in [5.41, 5.74) is 1.25. The van der Waals surface area contributed by atoms with Crippen LogP contribution in [0.4, 0.5) is 5.00 Å². The summed E-state index contributed by atoms with van der Waals surface area (Å²) in [6.45, 7) is 0.621. The molecule has 0 bridgehead atoms. The van der Waals surface area contributed by atoms with Crippen LogP contribution in [0.1, 0.15) is 17.5 Å². The van der Waals surface area contributed by atoms with E-state index < -0.39 is 0 Å². The van der Waals surface area contributed by atoms with Crippen LogP contribution in [0, 0.1) is 11.3 Å². The third kappa shape index (κ3) is 4.45. The lowest BCUT2D eigenvalue weighted by Crippen LogP contribution is -2.11. The van der Waals surface area contributed by atoms with Crippen molar-refractivity contribution in [2.75, 3.05) is 11.9 Å². The Morgan fingerprint density at radius 1 is 1.43 bits per heavy atom. The number of ether oxygens (including phenoxy) is 1. The topological polar surface area (TPSA) is 75.0 Å². The highest BCUT2D eigenvalue weighted by atomic mass is 35.5. The monoisotopic (exact) mass is 321 g/mol. The van der Waals surface area contributed by atoms with Gasteiger partial charge in [0.25, 0.3) is 0 Å². The van der Waals surface area contributed by atoms with Crippen LogP contribution >= 0.6 is 23.1 Å². The van der Waals surface area contributed by atoms with Gasteiger partial charge in [-0.15, -0.1) is 0 Å². The molecule has 0 saturated heterocycles. The Kier molecular flexibility index (Phi) is 5.55. The van der Waals surface area contributed by atoms with E-state index in [2.05, 4.69) is 9.69 Å². The molecule has 0 atom stereocenters. The summed E-state index contributed by atoms with van der Waals surface area (Å²) in [4.78, 5) is 11.6. The van der Waals surface area contributed by atoms with Crippen molar-refractivity contribution in [1.82, 2.24) is 4.37 Å². The van der Waals surface area contributed by atoms with Crippen LogP contribution in [-0.4, -0.2) is 16.9 Å². The molecule has 0 saturated carbocycles. The quantitative estimate of drug-likeness (QED) is 0.827. The molecule has 108 valence electrons. The molecule has 0 radical (unpaired) electrons. The highest BCUT2D eigenvalue weighted by Crippen LogP contribution is 2.27.